The van der Waals surface area contributed by atoms with Crippen LogP contribution < -0.4 is 10.2 Å². The molecule has 0 heterocycles. The molecule has 0 atom stereocenters. The van der Waals surface area contributed by atoms with Gasteiger partial charge < -0.3 is 0 Å². The Labute approximate surface area is 157 Å². The first-order chi connectivity index (χ1) is 12.6. The highest BCUT2D eigenvalue weighted by Gasteiger charge is 2.29. The fourth-order valence-corrected chi connectivity index (χ4v) is 3.59. The molecule has 0 aliphatic rings. The number of carbonyl (C=O) groups is 1. The number of anilines is 1. The van der Waals surface area contributed by atoms with Gasteiger partial charge in [0.15, 0.2) is 0 Å². The van der Waals surface area contributed by atoms with E-state index in [4.69, 9.17) is 5.21 Å². The molecule has 6 nitrogen and oxygen atoms in total. The lowest BCUT2D eigenvalue weighted by Gasteiger charge is -2.10. The number of rotatable bonds is 6. The van der Waals surface area contributed by atoms with Gasteiger partial charge in [0.1, 0.15) is 0 Å². The Morgan fingerprint density at radius 3 is 2.37 bits per heavy atom. The summed E-state index contributed by atoms with van der Waals surface area (Å²) >= 11 is -0.300. The smallest absolute Gasteiger partial charge is 0.288 e. The van der Waals surface area contributed by atoms with Gasteiger partial charge in [0.2, 0.25) is 0 Å². The molecule has 0 saturated carbocycles. The van der Waals surface area contributed by atoms with Crippen LogP contribution in [0.1, 0.15) is 5.56 Å². The number of nitrogens with one attached hydrogen (secondary N) is 2. The third-order valence-corrected chi connectivity index (χ3v) is 5.16. The molecule has 0 aromatic heterocycles. The second-order valence-corrected chi connectivity index (χ2v) is 7.88. The summed E-state index contributed by atoms with van der Waals surface area (Å²) in [7, 11) is -3.99. The molecule has 11 heteroatoms. The quantitative estimate of drug-likeness (QED) is 0.288. The molecule has 0 bridgehead atoms. The van der Waals surface area contributed by atoms with Crippen molar-refractivity contribution in [3.8, 4) is 0 Å². The maximum atomic E-state index is 12.4. The highest BCUT2D eigenvalue weighted by Crippen LogP contribution is 2.37. The average Bonchev–Trinajstić information content (AvgIpc) is 2.60. The number of hydroxylamine groups is 1. The number of amides is 1. The Morgan fingerprint density at radius 1 is 1.11 bits per heavy atom. The van der Waals surface area contributed by atoms with Gasteiger partial charge in [-0.05, 0) is 59.8 Å². The summed E-state index contributed by atoms with van der Waals surface area (Å²) in [6.45, 7) is 0. The molecule has 2 rings (SSSR count). The summed E-state index contributed by atoms with van der Waals surface area (Å²) in [5, 5.41) is 8.42. The summed E-state index contributed by atoms with van der Waals surface area (Å²) in [5.74, 6) is -0.779. The molecule has 0 unspecified atom stereocenters. The van der Waals surface area contributed by atoms with Gasteiger partial charge in [-0.25, -0.2) is 13.9 Å². The van der Waals surface area contributed by atoms with Crippen LogP contribution in [0.3, 0.4) is 0 Å². The van der Waals surface area contributed by atoms with E-state index < -0.39 is 21.4 Å². The molecule has 0 fully saturated rings. The van der Waals surface area contributed by atoms with E-state index in [0.29, 0.717) is 5.56 Å². The largest absolute Gasteiger partial charge is 0.446 e. The molecular formula is C16H13F3N2O4S2. The van der Waals surface area contributed by atoms with Crippen molar-refractivity contribution < 1.29 is 31.6 Å². The van der Waals surface area contributed by atoms with E-state index in [2.05, 4.69) is 4.72 Å². The normalized spacial score (nSPS) is 12.1. The molecule has 0 aliphatic carbocycles. The van der Waals surface area contributed by atoms with E-state index in [-0.39, 0.29) is 27.2 Å². The minimum Gasteiger partial charge on any atom is -0.288 e. The van der Waals surface area contributed by atoms with Crippen LogP contribution in [0, 0.1) is 0 Å². The number of halogens is 3. The van der Waals surface area contributed by atoms with Crippen molar-refractivity contribution in [3.05, 3.63) is 60.2 Å². The van der Waals surface area contributed by atoms with Gasteiger partial charge in [-0.15, -0.1) is 0 Å². The lowest BCUT2D eigenvalue weighted by Crippen LogP contribution is -2.15. The maximum absolute atomic E-state index is 12.4. The van der Waals surface area contributed by atoms with Gasteiger partial charge in [0, 0.05) is 16.7 Å². The van der Waals surface area contributed by atoms with Gasteiger partial charge in [0.05, 0.1) is 4.90 Å². The number of carbonyl (C=O) groups excluding carboxylic acids is 1. The zero-order chi connectivity index (χ0) is 20.1. The van der Waals surface area contributed by atoms with E-state index in [1.54, 1.807) is 6.07 Å². The highest BCUT2D eigenvalue weighted by molar-refractivity contribution is 8.00. The lowest BCUT2D eigenvalue weighted by atomic mass is 10.2. The first-order valence-electron chi connectivity index (χ1n) is 7.20. The molecule has 0 saturated heterocycles. The molecule has 27 heavy (non-hydrogen) atoms. The van der Waals surface area contributed by atoms with Crippen molar-refractivity contribution in [2.75, 3.05) is 4.72 Å². The predicted octanol–water partition coefficient (Wildman–Crippen LogP) is 3.62. The lowest BCUT2D eigenvalue weighted by molar-refractivity contribution is -0.124. The zero-order valence-electron chi connectivity index (χ0n) is 13.4. The second kappa shape index (κ2) is 8.46. The summed E-state index contributed by atoms with van der Waals surface area (Å²) in [6.07, 6.45) is 2.31. The molecule has 2 aromatic carbocycles. The number of hydrogen-bond acceptors (Lipinski definition) is 5. The molecular weight excluding hydrogens is 405 g/mol. The standard InChI is InChI=1S/C16H13F3N2O4S2/c17-16(18,19)26-13-7-5-12(6-8-13)21-27(24,25)14-3-1-2-11(10-14)4-9-15(22)20-23/h1-10,21,23H,(H,20,22)/b9-4+. The van der Waals surface area contributed by atoms with E-state index >= 15 is 0 Å². The molecule has 3 N–H and O–H groups in total. The van der Waals surface area contributed by atoms with Crippen LogP contribution in [-0.4, -0.2) is 25.0 Å². The molecule has 1 amide bonds. The van der Waals surface area contributed by atoms with Crippen LogP contribution >= 0.6 is 11.8 Å². The van der Waals surface area contributed by atoms with Gasteiger partial charge in [-0.3, -0.25) is 14.7 Å². The third kappa shape index (κ3) is 6.62. The topological polar surface area (TPSA) is 95.5 Å². The first-order valence-corrected chi connectivity index (χ1v) is 9.50. The van der Waals surface area contributed by atoms with Crippen LogP contribution in [0.15, 0.2) is 64.4 Å². The minimum atomic E-state index is -4.43. The number of benzene rings is 2. The minimum absolute atomic E-state index is 0.0697. The Morgan fingerprint density at radius 2 is 1.78 bits per heavy atom. The van der Waals surface area contributed by atoms with Crippen molar-refractivity contribution in [1.29, 1.82) is 0 Å². The van der Waals surface area contributed by atoms with Crippen molar-refractivity contribution in [2.24, 2.45) is 0 Å². The average molecular weight is 418 g/mol. The second-order valence-electron chi connectivity index (χ2n) is 5.06. The molecule has 144 valence electrons. The van der Waals surface area contributed by atoms with Crippen molar-refractivity contribution >= 4 is 39.5 Å². The molecule has 0 aliphatic heterocycles. The first kappa shape index (κ1) is 20.8. The third-order valence-electron chi connectivity index (χ3n) is 3.05. The maximum Gasteiger partial charge on any atom is 0.446 e. The van der Waals surface area contributed by atoms with E-state index in [0.717, 1.165) is 18.2 Å². The molecule has 0 spiro atoms. The number of sulfonamides is 1. The summed E-state index contributed by atoms with van der Waals surface area (Å²) in [4.78, 5) is 10.8. The number of hydrogen-bond donors (Lipinski definition) is 3. The van der Waals surface area contributed by atoms with Gasteiger partial charge in [0.25, 0.3) is 15.9 Å². The fraction of sp³-hybridized carbons (Fsp3) is 0.0625. The Bertz CT molecular complexity index is 943. The SMILES string of the molecule is O=C(/C=C/c1cccc(S(=O)(=O)Nc2ccc(SC(F)(F)F)cc2)c1)NO. The van der Waals surface area contributed by atoms with E-state index in [9.17, 15) is 26.4 Å². The Hall–Kier alpha value is -2.50. The van der Waals surface area contributed by atoms with Crippen LogP contribution in [0.5, 0.6) is 0 Å². The van der Waals surface area contributed by atoms with Gasteiger partial charge in [-0.2, -0.15) is 13.2 Å². The summed E-state index contributed by atoms with van der Waals surface area (Å²) < 4.78 is 64.1. The number of thioether (sulfide) groups is 1. The summed E-state index contributed by atoms with van der Waals surface area (Å²) in [5.41, 5.74) is -2.54. The van der Waals surface area contributed by atoms with Crippen molar-refractivity contribution in [3.63, 3.8) is 0 Å². The molecule has 0 radical (unpaired) electrons. The van der Waals surface area contributed by atoms with Crippen molar-refractivity contribution in [1.82, 2.24) is 5.48 Å². The van der Waals surface area contributed by atoms with Crippen LogP contribution in [0.4, 0.5) is 18.9 Å². The Kier molecular flexibility index (Phi) is 6.52. The summed E-state index contributed by atoms with van der Waals surface area (Å²) in [6, 6.07) is 10.4. The zero-order valence-corrected chi connectivity index (χ0v) is 15.0. The molecule has 2 aromatic rings. The van der Waals surface area contributed by atoms with E-state index in [1.165, 1.54) is 41.9 Å². The van der Waals surface area contributed by atoms with Crippen molar-refractivity contribution in [2.45, 2.75) is 15.3 Å². The van der Waals surface area contributed by atoms with Gasteiger partial charge >= 0.3 is 5.51 Å². The fourth-order valence-electron chi connectivity index (χ4n) is 1.93. The highest BCUT2D eigenvalue weighted by atomic mass is 32.2. The van der Waals surface area contributed by atoms with Crippen LogP contribution in [-0.2, 0) is 14.8 Å². The monoisotopic (exact) mass is 418 g/mol. The predicted molar refractivity (Wildman–Crippen MR) is 94.6 cm³/mol. The van der Waals surface area contributed by atoms with Crippen LogP contribution in [0.25, 0.3) is 6.08 Å². The Balaban J connectivity index is 2.17. The van der Waals surface area contributed by atoms with Gasteiger partial charge in [-0.1, -0.05) is 12.1 Å². The van der Waals surface area contributed by atoms with E-state index in [1.807, 2.05) is 0 Å². The number of alkyl halides is 3. The van der Waals surface area contributed by atoms with Crippen LogP contribution in [0.2, 0.25) is 0 Å².